The molecular formula is C22H26N4O3. The third-order valence-corrected chi connectivity index (χ3v) is 5.96. The van der Waals surface area contributed by atoms with Gasteiger partial charge in [-0.05, 0) is 56.6 Å². The standard InChI is InChI=1S/C22H26N4O3/c1-3-26-9-4-5-14(12-26)23-22-25-21-17(29-22)7-6-16(24-21)19-13(2)11-18-15(20(19)27)8-10-28-18/h6-7,11,14,27H,3-5,8-10,12H2,1-2H3,(H,23,24,25)/t14-/m1/s1. The van der Waals surface area contributed by atoms with Gasteiger partial charge in [0.1, 0.15) is 11.5 Å². The summed E-state index contributed by atoms with van der Waals surface area (Å²) in [6, 6.07) is 6.57. The van der Waals surface area contributed by atoms with E-state index in [0.29, 0.717) is 42.0 Å². The molecule has 0 spiro atoms. The minimum atomic E-state index is 0.257. The number of oxazole rings is 1. The maximum atomic E-state index is 10.8. The molecule has 2 aliphatic heterocycles. The fourth-order valence-electron chi connectivity index (χ4n) is 4.42. The molecule has 7 nitrogen and oxygen atoms in total. The minimum absolute atomic E-state index is 0.257. The number of aryl methyl sites for hydroxylation is 1. The summed E-state index contributed by atoms with van der Waals surface area (Å²) >= 11 is 0. The van der Waals surface area contributed by atoms with Crippen LogP contribution in [0.25, 0.3) is 22.5 Å². The van der Waals surface area contributed by atoms with Crippen molar-refractivity contribution in [2.45, 2.75) is 39.2 Å². The highest BCUT2D eigenvalue weighted by atomic mass is 16.5. The third-order valence-electron chi connectivity index (χ3n) is 5.96. The lowest BCUT2D eigenvalue weighted by Gasteiger charge is -2.31. The Kier molecular flexibility index (Phi) is 4.54. The Morgan fingerprint density at radius 3 is 3.07 bits per heavy atom. The highest BCUT2D eigenvalue weighted by Gasteiger charge is 2.24. The monoisotopic (exact) mass is 394 g/mol. The lowest BCUT2D eigenvalue weighted by atomic mass is 9.98. The second-order valence-electron chi connectivity index (χ2n) is 7.91. The Bertz CT molecular complexity index is 1060. The number of anilines is 1. The predicted molar refractivity (Wildman–Crippen MR) is 112 cm³/mol. The average Bonchev–Trinajstić information content (AvgIpc) is 3.34. The molecule has 0 bridgehead atoms. The number of phenolic OH excluding ortho intramolecular Hbond substituents is 1. The molecule has 1 fully saturated rings. The summed E-state index contributed by atoms with van der Waals surface area (Å²) in [5, 5.41) is 14.2. The Labute approximate surface area is 169 Å². The first-order chi connectivity index (χ1) is 14.1. The van der Waals surface area contributed by atoms with Gasteiger partial charge in [-0.15, -0.1) is 0 Å². The van der Waals surface area contributed by atoms with Crippen molar-refractivity contribution in [1.29, 1.82) is 0 Å². The van der Waals surface area contributed by atoms with E-state index >= 15 is 0 Å². The van der Waals surface area contributed by atoms with Crippen molar-refractivity contribution >= 4 is 17.2 Å². The summed E-state index contributed by atoms with van der Waals surface area (Å²) in [6.07, 6.45) is 3.00. The fraction of sp³-hybridized carbons (Fsp3) is 0.455. The van der Waals surface area contributed by atoms with Crippen LogP contribution >= 0.6 is 0 Å². The molecule has 29 heavy (non-hydrogen) atoms. The SMILES string of the molecule is CCN1CCC[C@@H](Nc2nc3nc(-c4c(C)cc5c(c4O)CCO5)ccc3o2)C1. The zero-order valence-corrected chi connectivity index (χ0v) is 16.9. The molecule has 3 aromatic rings. The van der Waals surface area contributed by atoms with Crippen molar-refractivity contribution in [3.63, 3.8) is 0 Å². The first-order valence-corrected chi connectivity index (χ1v) is 10.4. The van der Waals surface area contributed by atoms with Gasteiger partial charge in [0.25, 0.3) is 6.01 Å². The summed E-state index contributed by atoms with van der Waals surface area (Å²) in [7, 11) is 0. The Morgan fingerprint density at radius 1 is 1.31 bits per heavy atom. The van der Waals surface area contributed by atoms with Crippen molar-refractivity contribution in [3.8, 4) is 22.8 Å². The van der Waals surface area contributed by atoms with Crippen LogP contribution in [0.4, 0.5) is 6.01 Å². The lowest BCUT2D eigenvalue weighted by Crippen LogP contribution is -2.41. The second-order valence-corrected chi connectivity index (χ2v) is 7.91. The van der Waals surface area contributed by atoms with Crippen molar-refractivity contribution in [1.82, 2.24) is 14.9 Å². The van der Waals surface area contributed by atoms with Crippen LogP contribution < -0.4 is 10.1 Å². The minimum Gasteiger partial charge on any atom is -0.507 e. The second kappa shape index (κ2) is 7.22. The summed E-state index contributed by atoms with van der Waals surface area (Å²) < 4.78 is 11.5. The number of nitrogens with one attached hydrogen (secondary N) is 1. The fourth-order valence-corrected chi connectivity index (χ4v) is 4.42. The highest BCUT2D eigenvalue weighted by Crippen LogP contribution is 2.42. The van der Waals surface area contributed by atoms with Gasteiger partial charge in [0, 0.05) is 30.1 Å². The zero-order valence-electron chi connectivity index (χ0n) is 16.9. The molecule has 0 aliphatic carbocycles. The van der Waals surface area contributed by atoms with E-state index in [1.165, 1.54) is 6.42 Å². The molecular weight excluding hydrogens is 368 g/mol. The van der Waals surface area contributed by atoms with Crippen LogP contribution in [0.1, 0.15) is 30.9 Å². The van der Waals surface area contributed by atoms with E-state index in [2.05, 4.69) is 27.1 Å². The quantitative estimate of drug-likeness (QED) is 0.697. The van der Waals surface area contributed by atoms with Crippen molar-refractivity contribution < 1.29 is 14.3 Å². The van der Waals surface area contributed by atoms with Crippen LogP contribution in [0.2, 0.25) is 0 Å². The van der Waals surface area contributed by atoms with Crippen LogP contribution in [0.3, 0.4) is 0 Å². The van der Waals surface area contributed by atoms with Gasteiger partial charge in [-0.3, -0.25) is 0 Å². The van der Waals surface area contributed by atoms with Crippen molar-refractivity contribution in [3.05, 3.63) is 29.3 Å². The number of hydrogen-bond acceptors (Lipinski definition) is 7. The highest BCUT2D eigenvalue weighted by molar-refractivity contribution is 5.80. The lowest BCUT2D eigenvalue weighted by molar-refractivity contribution is 0.225. The molecule has 2 aliphatic rings. The predicted octanol–water partition coefficient (Wildman–Crippen LogP) is 3.73. The first-order valence-electron chi connectivity index (χ1n) is 10.4. The number of fused-ring (bicyclic) bond motifs is 2. The third kappa shape index (κ3) is 3.29. The number of benzene rings is 1. The van der Waals surface area contributed by atoms with Gasteiger partial charge < -0.3 is 24.5 Å². The summed E-state index contributed by atoms with van der Waals surface area (Å²) in [5.74, 6) is 1.03. The number of piperidine rings is 1. The smallest absolute Gasteiger partial charge is 0.297 e. The molecule has 5 rings (SSSR count). The number of aromatic nitrogens is 2. The largest absolute Gasteiger partial charge is 0.507 e. The van der Waals surface area contributed by atoms with Gasteiger partial charge in [0.2, 0.25) is 5.65 Å². The topological polar surface area (TPSA) is 83.7 Å². The number of nitrogens with zero attached hydrogens (tertiary/aromatic N) is 3. The molecule has 2 aromatic heterocycles. The summed E-state index contributed by atoms with van der Waals surface area (Å²) in [6.45, 7) is 7.97. The molecule has 1 atom stereocenters. The average molecular weight is 394 g/mol. The molecule has 4 heterocycles. The van der Waals surface area contributed by atoms with Crippen LogP contribution in [0.15, 0.2) is 22.6 Å². The van der Waals surface area contributed by atoms with E-state index in [1.54, 1.807) is 0 Å². The van der Waals surface area contributed by atoms with Gasteiger partial charge in [0.15, 0.2) is 5.58 Å². The number of aromatic hydroxyl groups is 1. The van der Waals surface area contributed by atoms with Gasteiger partial charge in [-0.1, -0.05) is 6.92 Å². The summed E-state index contributed by atoms with van der Waals surface area (Å²) in [4.78, 5) is 11.7. The van der Waals surface area contributed by atoms with Gasteiger partial charge in [-0.2, -0.15) is 4.98 Å². The maximum Gasteiger partial charge on any atom is 0.297 e. The van der Waals surface area contributed by atoms with Gasteiger partial charge in [-0.25, -0.2) is 4.98 Å². The molecule has 7 heteroatoms. The Balaban J connectivity index is 1.45. The van der Waals surface area contributed by atoms with Crippen LogP contribution in [-0.2, 0) is 6.42 Å². The van der Waals surface area contributed by atoms with Crippen LogP contribution in [0.5, 0.6) is 11.5 Å². The van der Waals surface area contributed by atoms with E-state index in [4.69, 9.17) is 9.15 Å². The first kappa shape index (κ1) is 18.2. The Hall–Kier alpha value is -2.80. The molecule has 1 aromatic carbocycles. The van der Waals surface area contributed by atoms with E-state index < -0.39 is 0 Å². The molecule has 0 radical (unpaired) electrons. The molecule has 0 unspecified atom stereocenters. The van der Waals surface area contributed by atoms with Crippen LogP contribution in [-0.4, -0.2) is 52.3 Å². The molecule has 0 saturated carbocycles. The molecule has 2 N–H and O–H groups in total. The maximum absolute atomic E-state index is 10.8. The number of phenols is 1. The normalized spacial score (nSPS) is 19.3. The van der Waals surface area contributed by atoms with Gasteiger partial charge >= 0.3 is 0 Å². The van der Waals surface area contributed by atoms with E-state index in [1.807, 2.05) is 25.1 Å². The van der Waals surface area contributed by atoms with Crippen molar-refractivity contribution in [2.24, 2.45) is 0 Å². The number of ether oxygens (including phenoxy) is 1. The zero-order chi connectivity index (χ0) is 20.0. The Morgan fingerprint density at radius 2 is 2.21 bits per heavy atom. The van der Waals surface area contributed by atoms with Crippen LogP contribution in [0, 0.1) is 6.92 Å². The number of likely N-dealkylation sites (tertiary alicyclic amines) is 1. The molecule has 1 saturated heterocycles. The molecule has 0 amide bonds. The van der Waals surface area contributed by atoms with Gasteiger partial charge in [0.05, 0.1) is 12.3 Å². The number of pyridine rings is 1. The number of hydrogen-bond donors (Lipinski definition) is 2. The summed E-state index contributed by atoms with van der Waals surface area (Å²) in [5.41, 5.74) is 4.40. The number of likely N-dealkylation sites (N-methyl/N-ethyl adjacent to an activating group) is 1. The van der Waals surface area contributed by atoms with E-state index in [-0.39, 0.29) is 5.75 Å². The van der Waals surface area contributed by atoms with Crippen molar-refractivity contribution in [2.75, 3.05) is 31.6 Å². The van der Waals surface area contributed by atoms with E-state index in [9.17, 15) is 5.11 Å². The van der Waals surface area contributed by atoms with E-state index in [0.717, 1.165) is 48.5 Å². The number of rotatable bonds is 4. The molecule has 152 valence electrons.